The van der Waals surface area contributed by atoms with E-state index in [1.807, 2.05) is 13.8 Å². The van der Waals surface area contributed by atoms with Crippen LogP contribution in [0.5, 0.6) is 0 Å². The van der Waals surface area contributed by atoms with E-state index in [0.29, 0.717) is 5.56 Å². The first-order chi connectivity index (χ1) is 6.56. The number of carbonyl (C=O) groups excluding carboxylic acids is 2. The van der Waals surface area contributed by atoms with Gasteiger partial charge in [-0.15, -0.1) is 11.3 Å². The highest BCUT2D eigenvalue weighted by molar-refractivity contribution is 7.12. The molecule has 0 aliphatic rings. The minimum atomic E-state index is -0.770. The molecule has 0 radical (unpaired) electrons. The fraction of sp³-hybridized carbons (Fsp3) is 0.400. The molecule has 0 saturated heterocycles. The van der Waals surface area contributed by atoms with Gasteiger partial charge in [0, 0.05) is 15.3 Å². The Bertz CT molecular complexity index is 365. The second-order valence-electron chi connectivity index (χ2n) is 2.88. The Morgan fingerprint density at radius 1 is 1.43 bits per heavy atom. The van der Waals surface area contributed by atoms with Crippen LogP contribution in [-0.4, -0.2) is 18.4 Å². The summed E-state index contributed by atoms with van der Waals surface area (Å²) in [6.45, 7) is 5.63. The molecule has 14 heavy (non-hydrogen) atoms. The zero-order valence-corrected chi connectivity index (χ0v) is 9.23. The van der Waals surface area contributed by atoms with Crippen LogP contribution in [0.2, 0.25) is 0 Å². The van der Waals surface area contributed by atoms with Crippen molar-refractivity contribution in [1.82, 2.24) is 0 Å². The molecule has 0 aliphatic heterocycles. The summed E-state index contributed by atoms with van der Waals surface area (Å²) in [5.41, 5.74) is 0.464. The number of thiophene rings is 1. The first kappa shape index (κ1) is 10.9. The highest BCUT2D eigenvalue weighted by Crippen LogP contribution is 2.21. The molecule has 76 valence electrons. The van der Waals surface area contributed by atoms with Gasteiger partial charge in [-0.3, -0.25) is 4.79 Å². The summed E-state index contributed by atoms with van der Waals surface area (Å²) in [5.74, 6) is -1.32. The van der Waals surface area contributed by atoms with Crippen LogP contribution in [-0.2, 0) is 9.53 Å². The lowest BCUT2D eigenvalue weighted by Gasteiger charge is -1.99. The zero-order valence-electron chi connectivity index (χ0n) is 8.42. The average Bonchev–Trinajstić information content (AvgIpc) is 2.44. The van der Waals surface area contributed by atoms with Gasteiger partial charge in [0.05, 0.1) is 6.61 Å². The summed E-state index contributed by atoms with van der Waals surface area (Å²) in [7, 11) is 0. The highest BCUT2D eigenvalue weighted by atomic mass is 32.1. The molecule has 0 N–H and O–H groups in total. The molecule has 0 bridgehead atoms. The molecule has 0 fully saturated rings. The second-order valence-corrected chi connectivity index (χ2v) is 4.34. The van der Waals surface area contributed by atoms with Gasteiger partial charge in [-0.25, -0.2) is 4.79 Å². The van der Waals surface area contributed by atoms with Crippen molar-refractivity contribution in [2.24, 2.45) is 0 Å². The lowest BCUT2D eigenvalue weighted by molar-refractivity contribution is -0.137. The SMILES string of the molecule is CCOC(=O)C(=O)c1cc(C)sc1C. The van der Waals surface area contributed by atoms with Gasteiger partial charge < -0.3 is 4.74 Å². The van der Waals surface area contributed by atoms with E-state index in [4.69, 9.17) is 0 Å². The predicted molar refractivity (Wildman–Crippen MR) is 54.8 cm³/mol. The molecule has 0 unspecified atom stereocenters. The third-order valence-corrected chi connectivity index (χ3v) is 2.71. The molecule has 0 spiro atoms. The fourth-order valence-electron chi connectivity index (χ4n) is 1.16. The normalized spacial score (nSPS) is 9.93. The number of Topliss-reactive ketones (excluding diaryl/α,β-unsaturated/α-hetero) is 1. The van der Waals surface area contributed by atoms with E-state index in [2.05, 4.69) is 4.74 Å². The Labute approximate surface area is 86.7 Å². The van der Waals surface area contributed by atoms with Crippen molar-refractivity contribution in [1.29, 1.82) is 0 Å². The first-order valence-electron chi connectivity index (χ1n) is 4.34. The lowest BCUT2D eigenvalue weighted by atomic mass is 10.1. The van der Waals surface area contributed by atoms with Crippen LogP contribution in [0.15, 0.2) is 6.07 Å². The van der Waals surface area contributed by atoms with Gasteiger partial charge in [0.2, 0.25) is 0 Å². The van der Waals surface area contributed by atoms with E-state index >= 15 is 0 Å². The Morgan fingerprint density at radius 2 is 2.07 bits per heavy atom. The number of carbonyl (C=O) groups is 2. The standard InChI is InChI=1S/C10H12O3S/c1-4-13-10(12)9(11)8-5-6(2)14-7(8)3/h5H,4H2,1-3H3. The zero-order chi connectivity index (χ0) is 10.7. The lowest BCUT2D eigenvalue weighted by Crippen LogP contribution is -2.17. The Kier molecular flexibility index (Phi) is 3.41. The third-order valence-electron chi connectivity index (χ3n) is 1.75. The fourth-order valence-corrected chi connectivity index (χ4v) is 2.08. The van der Waals surface area contributed by atoms with Crippen molar-refractivity contribution in [3.8, 4) is 0 Å². The van der Waals surface area contributed by atoms with E-state index < -0.39 is 11.8 Å². The first-order valence-corrected chi connectivity index (χ1v) is 5.16. The molecule has 0 amide bonds. The van der Waals surface area contributed by atoms with Crippen LogP contribution in [0.25, 0.3) is 0 Å². The molecule has 1 heterocycles. The average molecular weight is 212 g/mol. The summed E-state index contributed by atoms with van der Waals surface area (Å²) < 4.78 is 4.64. The van der Waals surface area contributed by atoms with Crippen LogP contribution in [0.3, 0.4) is 0 Å². The van der Waals surface area contributed by atoms with E-state index in [-0.39, 0.29) is 6.61 Å². The molecular formula is C10H12O3S. The van der Waals surface area contributed by atoms with Crippen LogP contribution in [0.4, 0.5) is 0 Å². The van der Waals surface area contributed by atoms with E-state index in [9.17, 15) is 9.59 Å². The van der Waals surface area contributed by atoms with Gasteiger partial charge in [-0.05, 0) is 26.8 Å². The Hall–Kier alpha value is -1.16. The summed E-state index contributed by atoms with van der Waals surface area (Å²) in [6.07, 6.45) is 0. The molecule has 4 heteroatoms. The number of hydrogen-bond donors (Lipinski definition) is 0. The van der Waals surface area contributed by atoms with Crippen LogP contribution >= 0.6 is 11.3 Å². The molecular weight excluding hydrogens is 200 g/mol. The van der Waals surface area contributed by atoms with Crippen molar-refractivity contribution in [3.05, 3.63) is 21.4 Å². The van der Waals surface area contributed by atoms with Crippen LogP contribution in [0, 0.1) is 13.8 Å². The molecule has 0 aromatic carbocycles. The number of ether oxygens (including phenoxy) is 1. The second kappa shape index (κ2) is 4.37. The largest absolute Gasteiger partial charge is 0.460 e. The Morgan fingerprint density at radius 3 is 2.50 bits per heavy atom. The van der Waals surface area contributed by atoms with Gasteiger partial charge in [0.15, 0.2) is 0 Å². The molecule has 3 nitrogen and oxygen atoms in total. The van der Waals surface area contributed by atoms with E-state index in [0.717, 1.165) is 9.75 Å². The molecule has 1 aromatic rings. The predicted octanol–water partition coefficient (Wildman–Crippen LogP) is 2.11. The summed E-state index contributed by atoms with van der Waals surface area (Å²) in [6, 6.07) is 1.72. The summed E-state index contributed by atoms with van der Waals surface area (Å²) in [5, 5.41) is 0. The number of aryl methyl sites for hydroxylation is 2. The Balaban J connectivity index is 2.89. The van der Waals surface area contributed by atoms with Gasteiger partial charge in [-0.1, -0.05) is 0 Å². The maximum Gasteiger partial charge on any atom is 0.379 e. The van der Waals surface area contributed by atoms with Gasteiger partial charge >= 0.3 is 5.97 Å². The van der Waals surface area contributed by atoms with E-state index in [1.165, 1.54) is 11.3 Å². The molecule has 1 rings (SSSR count). The maximum atomic E-state index is 11.5. The van der Waals surface area contributed by atoms with Crippen LogP contribution < -0.4 is 0 Å². The molecule has 1 aromatic heterocycles. The van der Waals surface area contributed by atoms with Crippen molar-refractivity contribution in [2.45, 2.75) is 20.8 Å². The quantitative estimate of drug-likeness (QED) is 0.438. The highest BCUT2D eigenvalue weighted by Gasteiger charge is 2.20. The molecule has 0 aliphatic carbocycles. The van der Waals surface area contributed by atoms with Gasteiger partial charge in [-0.2, -0.15) is 0 Å². The minimum absolute atomic E-state index is 0.229. The summed E-state index contributed by atoms with van der Waals surface area (Å²) in [4.78, 5) is 24.5. The minimum Gasteiger partial charge on any atom is -0.460 e. The van der Waals surface area contributed by atoms with Gasteiger partial charge in [0.1, 0.15) is 0 Å². The smallest absolute Gasteiger partial charge is 0.379 e. The van der Waals surface area contributed by atoms with Crippen LogP contribution in [0.1, 0.15) is 27.0 Å². The number of esters is 1. The maximum absolute atomic E-state index is 11.5. The monoisotopic (exact) mass is 212 g/mol. The third kappa shape index (κ3) is 2.20. The molecule has 0 atom stereocenters. The van der Waals surface area contributed by atoms with E-state index in [1.54, 1.807) is 13.0 Å². The topological polar surface area (TPSA) is 43.4 Å². The van der Waals surface area contributed by atoms with Crippen molar-refractivity contribution >= 4 is 23.1 Å². The van der Waals surface area contributed by atoms with Crippen molar-refractivity contribution < 1.29 is 14.3 Å². The number of ketones is 1. The number of hydrogen-bond acceptors (Lipinski definition) is 4. The van der Waals surface area contributed by atoms with Crippen molar-refractivity contribution in [2.75, 3.05) is 6.61 Å². The molecule has 0 saturated carbocycles. The van der Waals surface area contributed by atoms with Crippen molar-refractivity contribution in [3.63, 3.8) is 0 Å². The summed E-state index contributed by atoms with van der Waals surface area (Å²) >= 11 is 1.50. The van der Waals surface area contributed by atoms with Gasteiger partial charge in [0.25, 0.3) is 5.78 Å². The number of rotatable bonds is 3.